The van der Waals surface area contributed by atoms with Gasteiger partial charge in [-0.3, -0.25) is 9.59 Å². The fraction of sp³-hybridized carbons (Fsp3) is 0.579. The lowest BCUT2D eigenvalue weighted by molar-refractivity contribution is -0.119. The van der Waals surface area contributed by atoms with Crippen LogP contribution in [0, 0.1) is 0 Å². The molecule has 0 saturated heterocycles. The smallest absolute Gasteiger partial charge is 0.252 e. The Labute approximate surface area is 157 Å². The molecule has 146 valence electrons. The van der Waals surface area contributed by atoms with Crippen LogP contribution < -0.4 is 14.8 Å². The van der Waals surface area contributed by atoms with Crippen LogP contribution in [-0.4, -0.2) is 46.9 Å². The fourth-order valence-electron chi connectivity index (χ4n) is 1.99. The Morgan fingerprint density at radius 1 is 1.12 bits per heavy atom. The lowest BCUT2D eigenvalue weighted by Crippen LogP contribution is -2.48. The molecule has 0 fully saturated rings. The second kappa shape index (κ2) is 8.68. The van der Waals surface area contributed by atoms with Crippen molar-refractivity contribution in [3.05, 3.63) is 23.8 Å². The Morgan fingerprint density at radius 3 is 2.15 bits per heavy atom. The van der Waals surface area contributed by atoms with Gasteiger partial charge in [0.05, 0.1) is 20.8 Å². The minimum atomic E-state index is -2.01. The van der Waals surface area contributed by atoms with Crippen LogP contribution in [0.1, 0.15) is 38.1 Å². The van der Waals surface area contributed by atoms with Gasteiger partial charge in [-0.15, -0.1) is 0 Å². The molecule has 0 bridgehead atoms. The molecular formula is C19H31NO5Si. The average Bonchev–Trinajstić information content (AvgIpc) is 2.56. The van der Waals surface area contributed by atoms with Crippen LogP contribution in [0.25, 0.3) is 0 Å². The summed E-state index contributed by atoms with van der Waals surface area (Å²) in [6.45, 7) is 12.2. The van der Waals surface area contributed by atoms with Gasteiger partial charge >= 0.3 is 0 Å². The Kier molecular flexibility index (Phi) is 7.41. The van der Waals surface area contributed by atoms with Crippen molar-refractivity contribution in [2.24, 2.45) is 0 Å². The van der Waals surface area contributed by atoms with Gasteiger partial charge in [0, 0.05) is 5.56 Å². The summed E-state index contributed by atoms with van der Waals surface area (Å²) in [7, 11) is 1.02. The van der Waals surface area contributed by atoms with Gasteiger partial charge in [0.25, 0.3) is 5.91 Å². The standard InChI is InChI=1S/C19H31NO5Si/c1-13(21)15(12-25-26(7,8)19(2,3)4)20-18(22)14-9-10-16(23-5)17(11-14)24-6/h9-11,15H,12H2,1-8H3,(H,20,22). The van der Waals surface area contributed by atoms with Crippen molar-refractivity contribution in [1.29, 1.82) is 0 Å². The zero-order valence-corrected chi connectivity index (χ0v) is 18.1. The molecule has 1 atom stereocenters. The Balaban J connectivity index is 2.88. The van der Waals surface area contributed by atoms with Crippen molar-refractivity contribution in [2.45, 2.75) is 51.9 Å². The Hall–Kier alpha value is -1.86. The summed E-state index contributed by atoms with van der Waals surface area (Å²) in [6, 6.07) is 4.18. The van der Waals surface area contributed by atoms with E-state index < -0.39 is 14.4 Å². The predicted molar refractivity (Wildman–Crippen MR) is 105 cm³/mol. The number of methoxy groups -OCH3 is 2. The first-order chi connectivity index (χ1) is 11.9. The number of hydrogen-bond donors (Lipinski definition) is 1. The molecule has 0 aromatic heterocycles. The summed E-state index contributed by atoms with van der Waals surface area (Å²) in [4.78, 5) is 24.5. The predicted octanol–water partition coefficient (Wildman–Crippen LogP) is 3.41. The van der Waals surface area contributed by atoms with Gasteiger partial charge in [0.1, 0.15) is 6.04 Å². The third kappa shape index (κ3) is 5.57. The Bertz CT molecular complexity index is 652. The zero-order valence-electron chi connectivity index (χ0n) is 17.1. The third-order valence-electron chi connectivity index (χ3n) is 4.86. The molecule has 26 heavy (non-hydrogen) atoms. The quantitative estimate of drug-likeness (QED) is 0.699. The number of carbonyl (C=O) groups excluding carboxylic acids is 2. The second-order valence-electron chi connectivity index (χ2n) is 7.78. The minimum absolute atomic E-state index is 0.0295. The number of amides is 1. The van der Waals surface area contributed by atoms with Gasteiger partial charge in [-0.2, -0.15) is 0 Å². The molecule has 0 saturated carbocycles. The molecule has 1 amide bonds. The van der Waals surface area contributed by atoms with E-state index in [2.05, 4.69) is 39.2 Å². The average molecular weight is 382 g/mol. The van der Waals surface area contributed by atoms with Gasteiger partial charge in [0.15, 0.2) is 25.6 Å². The van der Waals surface area contributed by atoms with Crippen molar-refractivity contribution >= 4 is 20.0 Å². The summed E-state index contributed by atoms with van der Waals surface area (Å²) < 4.78 is 16.5. The van der Waals surface area contributed by atoms with Crippen LogP contribution in [0.5, 0.6) is 11.5 Å². The first-order valence-electron chi connectivity index (χ1n) is 8.60. The lowest BCUT2D eigenvalue weighted by Gasteiger charge is -2.37. The SMILES string of the molecule is COc1ccc(C(=O)NC(CO[Si](C)(C)C(C)(C)C)C(C)=O)cc1OC. The maximum absolute atomic E-state index is 12.5. The first-order valence-corrected chi connectivity index (χ1v) is 11.5. The molecule has 0 aliphatic carbocycles. The van der Waals surface area contributed by atoms with Gasteiger partial charge in [0.2, 0.25) is 0 Å². The number of nitrogens with one attached hydrogen (secondary N) is 1. The number of hydrogen-bond acceptors (Lipinski definition) is 5. The normalized spacial score (nSPS) is 13.1. The van der Waals surface area contributed by atoms with E-state index in [9.17, 15) is 9.59 Å². The van der Waals surface area contributed by atoms with E-state index in [1.165, 1.54) is 21.1 Å². The van der Waals surface area contributed by atoms with Crippen LogP contribution in [0.2, 0.25) is 18.1 Å². The molecule has 1 rings (SSSR count). The minimum Gasteiger partial charge on any atom is -0.493 e. The number of ether oxygens (including phenoxy) is 2. The molecule has 0 aliphatic rings. The molecule has 0 spiro atoms. The first kappa shape index (κ1) is 22.2. The highest BCUT2D eigenvalue weighted by Crippen LogP contribution is 2.36. The summed E-state index contributed by atoms with van der Waals surface area (Å²) in [5.41, 5.74) is 0.390. The van der Waals surface area contributed by atoms with Gasteiger partial charge in [-0.25, -0.2) is 0 Å². The summed E-state index contributed by atoms with van der Waals surface area (Å²) in [5.74, 6) is 0.494. The van der Waals surface area contributed by atoms with Crippen molar-refractivity contribution in [1.82, 2.24) is 5.32 Å². The molecule has 0 heterocycles. The van der Waals surface area contributed by atoms with Crippen molar-refractivity contribution in [2.75, 3.05) is 20.8 Å². The largest absolute Gasteiger partial charge is 0.493 e. The van der Waals surface area contributed by atoms with Gasteiger partial charge in [-0.05, 0) is 43.3 Å². The van der Waals surface area contributed by atoms with E-state index in [-0.39, 0.29) is 23.3 Å². The van der Waals surface area contributed by atoms with E-state index in [1.54, 1.807) is 18.2 Å². The molecule has 0 radical (unpaired) electrons. The maximum Gasteiger partial charge on any atom is 0.252 e. The molecule has 1 aromatic carbocycles. The van der Waals surface area contributed by atoms with E-state index in [0.717, 1.165) is 0 Å². The fourth-order valence-corrected chi connectivity index (χ4v) is 3.00. The van der Waals surface area contributed by atoms with E-state index in [4.69, 9.17) is 13.9 Å². The van der Waals surface area contributed by atoms with Crippen molar-refractivity contribution in [3.63, 3.8) is 0 Å². The molecule has 7 heteroatoms. The maximum atomic E-state index is 12.5. The van der Waals surface area contributed by atoms with Crippen LogP contribution in [0.3, 0.4) is 0 Å². The Morgan fingerprint density at radius 2 is 1.69 bits per heavy atom. The van der Waals surface area contributed by atoms with Crippen LogP contribution in [0.4, 0.5) is 0 Å². The molecule has 6 nitrogen and oxygen atoms in total. The number of Topliss-reactive ketones (excluding diaryl/α,β-unsaturated/α-hetero) is 1. The van der Waals surface area contributed by atoms with Gasteiger partial charge in [-0.1, -0.05) is 20.8 Å². The molecule has 1 aromatic rings. The molecule has 1 unspecified atom stereocenters. The zero-order chi connectivity index (χ0) is 20.1. The topological polar surface area (TPSA) is 73.9 Å². The molecule has 0 aliphatic heterocycles. The van der Waals surface area contributed by atoms with Crippen LogP contribution >= 0.6 is 0 Å². The summed E-state index contributed by atoms with van der Waals surface area (Å²) in [5, 5.41) is 2.79. The summed E-state index contributed by atoms with van der Waals surface area (Å²) >= 11 is 0. The summed E-state index contributed by atoms with van der Waals surface area (Å²) in [6.07, 6.45) is 0. The van der Waals surface area contributed by atoms with Gasteiger partial charge < -0.3 is 19.2 Å². The number of ketones is 1. The molecule has 1 N–H and O–H groups in total. The monoisotopic (exact) mass is 381 g/mol. The third-order valence-corrected chi connectivity index (χ3v) is 9.36. The number of carbonyl (C=O) groups is 2. The van der Waals surface area contributed by atoms with Crippen molar-refractivity contribution < 1.29 is 23.5 Å². The van der Waals surface area contributed by atoms with Crippen molar-refractivity contribution in [3.8, 4) is 11.5 Å². The van der Waals surface area contributed by atoms with E-state index >= 15 is 0 Å². The number of rotatable bonds is 8. The lowest BCUT2D eigenvalue weighted by atomic mass is 10.1. The van der Waals surface area contributed by atoms with E-state index in [0.29, 0.717) is 17.1 Å². The van der Waals surface area contributed by atoms with E-state index in [1.807, 2.05) is 0 Å². The highest BCUT2D eigenvalue weighted by molar-refractivity contribution is 6.74. The highest BCUT2D eigenvalue weighted by atomic mass is 28.4. The second-order valence-corrected chi connectivity index (χ2v) is 12.6. The molecular weight excluding hydrogens is 350 g/mol. The number of benzene rings is 1. The van der Waals surface area contributed by atoms with Crippen LogP contribution in [0.15, 0.2) is 18.2 Å². The van der Waals surface area contributed by atoms with Crippen LogP contribution in [-0.2, 0) is 9.22 Å². The highest BCUT2D eigenvalue weighted by Gasteiger charge is 2.38.